The summed E-state index contributed by atoms with van der Waals surface area (Å²) in [7, 11) is 0. The van der Waals surface area contributed by atoms with Gasteiger partial charge in [-0.05, 0) is 6.07 Å². The van der Waals surface area contributed by atoms with Crippen LogP contribution >= 0.6 is 0 Å². The Balaban J connectivity index is 2.92. The van der Waals surface area contributed by atoms with Crippen molar-refractivity contribution in [3.05, 3.63) is 23.5 Å². The molecule has 13 heavy (non-hydrogen) atoms. The predicted octanol–water partition coefficient (Wildman–Crippen LogP) is 1.55. The largest absolute Gasteiger partial charge is 0.478 e. The summed E-state index contributed by atoms with van der Waals surface area (Å²) in [4.78, 5) is 24.5. The molecule has 0 amide bonds. The summed E-state index contributed by atoms with van der Waals surface area (Å²) in [6.45, 7) is 3.53. The van der Waals surface area contributed by atoms with Crippen LogP contribution in [0.25, 0.3) is 0 Å². The van der Waals surface area contributed by atoms with E-state index >= 15 is 0 Å². The highest BCUT2D eigenvalue weighted by atomic mass is 16.4. The zero-order valence-electron chi connectivity index (χ0n) is 7.50. The average Bonchev–Trinajstić information content (AvgIpc) is 2.50. The standard InChI is InChI=1S/C9H11NO3/c1-5(2)8(11)7-3-6(4-10-7)9(12)13/h3-5,10H,1-2H3,(H,12,13). The lowest BCUT2D eigenvalue weighted by atomic mass is 10.1. The maximum Gasteiger partial charge on any atom is 0.337 e. The normalized spacial score (nSPS) is 10.4. The summed E-state index contributed by atoms with van der Waals surface area (Å²) >= 11 is 0. The first-order valence-corrected chi connectivity index (χ1v) is 3.98. The number of Topliss-reactive ketones (excluding diaryl/α,β-unsaturated/α-hetero) is 1. The zero-order chi connectivity index (χ0) is 10.0. The average molecular weight is 181 g/mol. The molecule has 4 heteroatoms. The van der Waals surface area contributed by atoms with E-state index in [0.717, 1.165) is 0 Å². The van der Waals surface area contributed by atoms with Gasteiger partial charge in [-0.2, -0.15) is 0 Å². The fourth-order valence-corrected chi connectivity index (χ4v) is 0.971. The minimum atomic E-state index is -1.03. The van der Waals surface area contributed by atoms with E-state index in [9.17, 15) is 9.59 Å². The molecule has 0 aliphatic rings. The second kappa shape index (κ2) is 3.43. The summed E-state index contributed by atoms with van der Waals surface area (Å²) in [5.41, 5.74) is 0.469. The number of carboxylic acids is 1. The molecule has 2 N–H and O–H groups in total. The SMILES string of the molecule is CC(C)C(=O)c1cc(C(=O)O)c[nH]1. The van der Waals surface area contributed by atoms with E-state index in [0.29, 0.717) is 5.69 Å². The first kappa shape index (κ1) is 9.51. The molecular weight excluding hydrogens is 170 g/mol. The van der Waals surface area contributed by atoms with E-state index in [1.165, 1.54) is 12.3 Å². The third kappa shape index (κ3) is 1.96. The van der Waals surface area contributed by atoms with Crippen LogP contribution in [-0.4, -0.2) is 21.8 Å². The van der Waals surface area contributed by atoms with Crippen molar-refractivity contribution >= 4 is 11.8 Å². The third-order valence-corrected chi connectivity index (χ3v) is 1.72. The minimum Gasteiger partial charge on any atom is -0.478 e. The van der Waals surface area contributed by atoms with Crippen molar-refractivity contribution < 1.29 is 14.7 Å². The van der Waals surface area contributed by atoms with E-state index in [2.05, 4.69) is 4.98 Å². The summed E-state index contributed by atoms with van der Waals surface area (Å²) in [6, 6.07) is 1.35. The van der Waals surface area contributed by atoms with Crippen molar-refractivity contribution in [2.24, 2.45) is 5.92 Å². The molecule has 0 aliphatic carbocycles. The monoisotopic (exact) mass is 181 g/mol. The first-order chi connectivity index (χ1) is 6.02. The van der Waals surface area contributed by atoms with Gasteiger partial charge >= 0.3 is 5.97 Å². The maximum atomic E-state index is 11.4. The molecule has 1 heterocycles. The Labute approximate surface area is 75.6 Å². The smallest absolute Gasteiger partial charge is 0.337 e. The topological polar surface area (TPSA) is 70.2 Å². The lowest BCUT2D eigenvalue weighted by Gasteiger charge is -1.99. The molecule has 0 saturated heterocycles. The van der Waals surface area contributed by atoms with Gasteiger partial charge in [0.15, 0.2) is 5.78 Å². The van der Waals surface area contributed by atoms with E-state index in [-0.39, 0.29) is 17.3 Å². The number of hydrogen-bond acceptors (Lipinski definition) is 2. The number of nitrogens with one attached hydrogen (secondary N) is 1. The minimum absolute atomic E-state index is 0.0764. The highest BCUT2D eigenvalue weighted by Gasteiger charge is 2.14. The molecule has 1 rings (SSSR count). The molecule has 0 unspecified atom stereocenters. The zero-order valence-corrected chi connectivity index (χ0v) is 7.50. The molecule has 0 spiro atoms. The fourth-order valence-electron chi connectivity index (χ4n) is 0.971. The van der Waals surface area contributed by atoms with Crippen LogP contribution in [0.3, 0.4) is 0 Å². The highest BCUT2D eigenvalue weighted by molar-refractivity contribution is 5.98. The lowest BCUT2D eigenvalue weighted by Crippen LogP contribution is -2.07. The van der Waals surface area contributed by atoms with Crippen molar-refractivity contribution in [1.82, 2.24) is 4.98 Å². The van der Waals surface area contributed by atoms with Crippen LogP contribution in [0.1, 0.15) is 34.7 Å². The lowest BCUT2D eigenvalue weighted by molar-refractivity contribution is 0.0697. The van der Waals surface area contributed by atoms with Crippen LogP contribution in [-0.2, 0) is 0 Å². The quantitative estimate of drug-likeness (QED) is 0.695. The van der Waals surface area contributed by atoms with Crippen molar-refractivity contribution in [3.63, 3.8) is 0 Å². The summed E-state index contributed by atoms with van der Waals surface area (Å²) in [5, 5.41) is 8.59. The first-order valence-electron chi connectivity index (χ1n) is 3.98. The molecule has 0 atom stereocenters. The van der Waals surface area contributed by atoms with E-state index in [1.807, 2.05) is 0 Å². The molecule has 70 valence electrons. The molecule has 0 radical (unpaired) electrons. The van der Waals surface area contributed by atoms with E-state index < -0.39 is 5.97 Å². The van der Waals surface area contributed by atoms with Gasteiger partial charge < -0.3 is 10.1 Å². The Morgan fingerprint density at radius 3 is 2.46 bits per heavy atom. The van der Waals surface area contributed by atoms with Crippen molar-refractivity contribution in [3.8, 4) is 0 Å². The number of aromatic nitrogens is 1. The predicted molar refractivity (Wildman–Crippen MR) is 46.9 cm³/mol. The van der Waals surface area contributed by atoms with Gasteiger partial charge in [0.25, 0.3) is 0 Å². The van der Waals surface area contributed by atoms with Crippen molar-refractivity contribution in [1.29, 1.82) is 0 Å². The Morgan fingerprint density at radius 2 is 2.08 bits per heavy atom. The van der Waals surface area contributed by atoms with E-state index in [4.69, 9.17) is 5.11 Å². The molecule has 1 aromatic heterocycles. The van der Waals surface area contributed by atoms with Gasteiger partial charge in [-0.1, -0.05) is 13.8 Å². The fraction of sp³-hybridized carbons (Fsp3) is 0.333. The number of aromatic carboxylic acids is 1. The molecule has 0 saturated carbocycles. The number of rotatable bonds is 3. The summed E-state index contributed by atoms with van der Waals surface area (Å²) in [5.74, 6) is -1.23. The Kier molecular flexibility index (Phi) is 2.51. The number of H-pyrrole nitrogens is 1. The number of carbonyl (C=O) groups is 2. The number of hydrogen-bond donors (Lipinski definition) is 2. The highest BCUT2D eigenvalue weighted by Crippen LogP contribution is 2.09. The van der Waals surface area contributed by atoms with Gasteiger partial charge in [-0.3, -0.25) is 4.79 Å². The third-order valence-electron chi connectivity index (χ3n) is 1.72. The molecule has 0 bridgehead atoms. The summed E-state index contributed by atoms with van der Waals surface area (Å²) in [6.07, 6.45) is 1.32. The number of ketones is 1. The van der Waals surface area contributed by atoms with Crippen molar-refractivity contribution in [2.75, 3.05) is 0 Å². The Bertz CT molecular complexity index is 338. The van der Waals surface area contributed by atoms with Crippen LogP contribution < -0.4 is 0 Å². The van der Waals surface area contributed by atoms with Crippen LogP contribution in [0.5, 0.6) is 0 Å². The van der Waals surface area contributed by atoms with Crippen LogP contribution in [0, 0.1) is 5.92 Å². The van der Waals surface area contributed by atoms with Crippen LogP contribution in [0.2, 0.25) is 0 Å². The van der Waals surface area contributed by atoms with E-state index in [1.54, 1.807) is 13.8 Å². The van der Waals surface area contributed by atoms with Gasteiger partial charge in [0.1, 0.15) is 0 Å². The second-order valence-corrected chi connectivity index (χ2v) is 3.13. The van der Waals surface area contributed by atoms with Gasteiger partial charge in [0.05, 0.1) is 11.3 Å². The van der Waals surface area contributed by atoms with Gasteiger partial charge in [-0.15, -0.1) is 0 Å². The van der Waals surface area contributed by atoms with Crippen LogP contribution in [0.4, 0.5) is 0 Å². The van der Waals surface area contributed by atoms with Gasteiger partial charge in [0, 0.05) is 12.1 Å². The van der Waals surface area contributed by atoms with Crippen LogP contribution in [0.15, 0.2) is 12.3 Å². The Hall–Kier alpha value is -1.58. The number of carbonyl (C=O) groups excluding carboxylic acids is 1. The van der Waals surface area contributed by atoms with Crippen molar-refractivity contribution in [2.45, 2.75) is 13.8 Å². The van der Waals surface area contributed by atoms with Gasteiger partial charge in [0.2, 0.25) is 0 Å². The second-order valence-electron chi connectivity index (χ2n) is 3.13. The number of carboxylic acid groups (broad SMARTS) is 1. The molecule has 1 aromatic rings. The molecule has 0 aromatic carbocycles. The Morgan fingerprint density at radius 1 is 1.46 bits per heavy atom. The number of aromatic amines is 1. The molecule has 0 aliphatic heterocycles. The molecule has 0 fully saturated rings. The molecular formula is C9H11NO3. The molecule has 4 nitrogen and oxygen atoms in total. The summed E-state index contributed by atoms with van der Waals surface area (Å²) < 4.78 is 0. The van der Waals surface area contributed by atoms with Gasteiger partial charge in [-0.25, -0.2) is 4.79 Å². The maximum absolute atomic E-state index is 11.4.